The van der Waals surface area contributed by atoms with Crippen molar-refractivity contribution >= 4 is 22.6 Å². The lowest BCUT2D eigenvalue weighted by molar-refractivity contribution is 0.0997. The molecule has 3 rings (SSSR count). The van der Waals surface area contributed by atoms with Crippen LogP contribution in [0.25, 0.3) is 11.0 Å². The Kier molecular flexibility index (Phi) is 3.47. The fourth-order valence-electron chi connectivity index (χ4n) is 2.20. The molecule has 1 N–H and O–H groups in total. The summed E-state index contributed by atoms with van der Waals surface area (Å²) >= 11 is 0. The number of rotatable bonds is 2. The standard InChI is InChI=1S/C17H14N2O3/c1-10-3-4-15-13(7-10)14(20)9-16(22-15)17(21)19-12-5-6-18-11(2)8-12/h3-9H,1-2H3,(H,18,19,21). The second kappa shape index (κ2) is 5.44. The molecule has 22 heavy (non-hydrogen) atoms. The molecule has 0 aliphatic heterocycles. The molecule has 0 saturated heterocycles. The number of aryl methyl sites for hydroxylation is 2. The molecule has 0 saturated carbocycles. The van der Waals surface area contributed by atoms with Crippen LogP contribution in [-0.2, 0) is 0 Å². The van der Waals surface area contributed by atoms with Crippen LogP contribution in [0.1, 0.15) is 21.8 Å². The highest BCUT2D eigenvalue weighted by Gasteiger charge is 2.13. The molecule has 0 fully saturated rings. The van der Waals surface area contributed by atoms with Gasteiger partial charge in [0.15, 0.2) is 11.2 Å². The molecule has 5 nitrogen and oxygen atoms in total. The molecule has 2 heterocycles. The molecule has 0 bridgehead atoms. The minimum Gasteiger partial charge on any atom is -0.451 e. The van der Waals surface area contributed by atoms with Gasteiger partial charge in [-0.3, -0.25) is 14.6 Å². The van der Waals surface area contributed by atoms with Gasteiger partial charge in [0.1, 0.15) is 5.58 Å². The molecule has 0 spiro atoms. The molecule has 3 aromatic rings. The molecule has 5 heteroatoms. The van der Waals surface area contributed by atoms with E-state index in [0.29, 0.717) is 16.7 Å². The van der Waals surface area contributed by atoms with Gasteiger partial charge < -0.3 is 9.73 Å². The molecule has 0 atom stereocenters. The van der Waals surface area contributed by atoms with Gasteiger partial charge in [0, 0.05) is 23.6 Å². The van der Waals surface area contributed by atoms with Gasteiger partial charge in [-0.1, -0.05) is 11.6 Å². The van der Waals surface area contributed by atoms with Crippen molar-refractivity contribution in [3.8, 4) is 0 Å². The Morgan fingerprint density at radius 1 is 1.14 bits per heavy atom. The second-order valence-corrected chi connectivity index (χ2v) is 5.11. The van der Waals surface area contributed by atoms with E-state index in [0.717, 1.165) is 11.3 Å². The smallest absolute Gasteiger partial charge is 0.291 e. The highest BCUT2D eigenvalue weighted by molar-refractivity contribution is 6.02. The number of aromatic nitrogens is 1. The van der Waals surface area contributed by atoms with Crippen molar-refractivity contribution < 1.29 is 9.21 Å². The molecule has 0 aliphatic rings. The van der Waals surface area contributed by atoms with Gasteiger partial charge >= 0.3 is 0 Å². The number of fused-ring (bicyclic) bond motifs is 1. The minimum absolute atomic E-state index is 0.0178. The number of nitrogens with one attached hydrogen (secondary N) is 1. The van der Waals surface area contributed by atoms with Gasteiger partial charge in [-0.25, -0.2) is 0 Å². The van der Waals surface area contributed by atoms with E-state index in [9.17, 15) is 9.59 Å². The number of carbonyl (C=O) groups is 1. The highest BCUT2D eigenvalue weighted by Crippen LogP contribution is 2.15. The van der Waals surface area contributed by atoms with E-state index in [1.165, 1.54) is 6.07 Å². The first-order chi connectivity index (χ1) is 10.5. The molecule has 110 valence electrons. The number of hydrogen-bond acceptors (Lipinski definition) is 4. The predicted molar refractivity (Wildman–Crippen MR) is 84.1 cm³/mol. The highest BCUT2D eigenvalue weighted by atomic mass is 16.3. The molecule has 0 aliphatic carbocycles. The Bertz CT molecular complexity index is 929. The zero-order valence-corrected chi connectivity index (χ0v) is 12.2. The van der Waals surface area contributed by atoms with Gasteiger partial charge in [-0.2, -0.15) is 0 Å². The Morgan fingerprint density at radius 2 is 1.95 bits per heavy atom. The Labute approximate surface area is 126 Å². The van der Waals surface area contributed by atoms with E-state index in [1.54, 1.807) is 30.5 Å². The zero-order chi connectivity index (χ0) is 15.7. The Balaban J connectivity index is 1.98. The summed E-state index contributed by atoms with van der Waals surface area (Å²) in [5.41, 5.74) is 2.51. The van der Waals surface area contributed by atoms with Crippen LogP contribution in [0.4, 0.5) is 5.69 Å². The van der Waals surface area contributed by atoms with Gasteiger partial charge in [0.25, 0.3) is 5.91 Å². The van der Waals surface area contributed by atoms with Crippen molar-refractivity contribution in [2.75, 3.05) is 5.32 Å². The quantitative estimate of drug-likeness (QED) is 0.788. The van der Waals surface area contributed by atoms with Crippen LogP contribution < -0.4 is 10.7 Å². The van der Waals surface area contributed by atoms with Crippen molar-refractivity contribution in [2.45, 2.75) is 13.8 Å². The van der Waals surface area contributed by atoms with Crippen molar-refractivity contribution in [3.05, 3.63) is 69.8 Å². The summed E-state index contributed by atoms with van der Waals surface area (Å²) in [5.74, 6) is -0.485. The van der Waals surface area contributed by atoms with E-state index in [2.05, 4.69) is 10.3 Å². The average Bonchev–Trinajstić information content (AvgIpc) is 2.48. The van der Waals surface area contributed by atoms with Crippen LogP contribution in [0.15, 0.2) is 51.8 Å². The summed E-state index contributed by atoms with van der Waals surface area (Å²) in [6, 6.07) is 9.90. The van der Waals surface area contributed by atoms with Crippen LogP contribution in [0, 0.1) is 13.8 Å². The molecule has 1 amide bonds. The molecule has 2 aromatic heterocycles. The van der Waals surface area contributed by atoms with E-state index in [1.807, 2.05) is 19.9 Å². The zero-order valence-electron chi connectivity index (χ0n) is 12.2. The van der Waals surface area contributed by atoms with E-state index in [4.69, 9.17) is 4.42 Å². The average molecular weight is 294 g/mol. The van der Waals surface area contributed by atoms with Crippen molar-refractivity contribution in [3.63, 3.8) is 0 Å². The third-order valence-corrected chi connectivity index (χ3v) is 3.26. The Hall–Kier alpha value is -2.95. The van der Waals surface area contributed by atoms with Crippen LogP contribution >= 0.6 is 0 Å². The molecule has 0 radical (unpaired) electrons. The molecular formula is C17H14N2O3. The van der Waals surface area contributed by atoms with Crippen LogP contribution in [0.2, 0.25) is 0 Å². The second-order valence-electron chi connectivity index (χ2n) is 5.11. The largest absolute Gasteiger partial charge is 0.451 e. The van der Waals surface area contributed by atoms with Crippen LogP contribution in [-0.4, -0.2) is 10.9 Å². The minimum atomic E-state index is -0.467. The number of carbonyl (C=O) groups excluding carboxylic acids is 1. The van der Waals surface area contributed by atoms with Gasteiger partial charge in [-0.05, 0) is 38.1 Å². The normalized spacial score (nSPS) is 10.6. The van der Waals surface area contributed by atoms with Gasteiger partial charge in [0.2, 0.25) is 0 Å². The van der Waals surface area contributed by atoms with E-state index < -0.39 is 5.91 Å². The lowest BCUT2D eigenvalue weighted by Crippen LogP contribution is -2.15. The van der Waals surface area contributed by atoms with Crippen LogP contribution in [0.3, 0.4) is 0 Å². The van der Waals surface area contributed by atoms with Crippen molar-refractivity contribution in [1.82, 2.24) is 4.98 Å². The first-order valence-electron chi connectivity index (χ1n) is 6.81. The fourth-order valence-corrected chi connectivity index (χ4v) is 2.20. The summed E-state index contributed by atoms with van der Waals surface area (Å²) in [7, 11) is 0. The maximum Gasteiger partial charge on any atom is 0.291 e. The molecular weight excluding hydrogens is 280 g/mol. The number of anilines is 1. The summed E-state index contributed by atoms with van der Waals surface area (Å²) in [4.78, 5) is 28.4. The summed E-state index contributed by atoms with van der Waals surface area (Å²) < 4.78 is 5.53. The third-order valence-electron chi connectivity index (χ3n) is 3.26. The summed E-state index contributed by atoms with van der Waals surface area (Å²) in [6.07, 6.45) is 1.60. The SMILES string of the molecule is Cc1ccc2oc(C(=O)Nc3ccnc(C)c3)cc(=O)c2c1. The van der Waals surface area contributed by atoms with Gasteiger partial charge in [-0.15, -0.1) is 0 Å². The Morgan fingerprint density at radius 3 is 2.73 bits per heavy atom. The number of amides is 1. The van der Waals surface area contributed by atoms with Gasteiger partial charge in [0.05, 0.1) is 5.39 Å². The van der Waals surface area contributed by atoms with Crippen LogP contribution in [0.5, 0.6) is 0 Å². The monoisotopic (exact) mass is 294 g/mol. The van der Waals surface area contributed by atoms with Crippen molar-refractivity contribution in [2.24, 2.45) is 0 Å². The fraction of sp³-hybridized carbons (Fsp3) is 0.118. The lowest BCUT2D eigenvalue weighted by atomic mass is 10.1. The molecule has 1 aromatic carbocycles. The maximum absolute atomic E-state index is 12.2. The first kappa shape index (κ1) is 14.0. The molecule has 0 unspecified atom stereocenters. The maximum atomic E-state index is 12.2. The topological polar surface area (TPSA) is 72.2 Å². The predicted octanol–water partition coefficient (Wildman–Crippen LogP) is 3.06. The number of nitrogens with zero attached hydrogens (tertiary/aromatic N) is 1. The number of hydrogen-bond donors (Lipinski definition) is 1. The summed E-state index contributed by atoms with van der Waals surface area (Å²) in [5, 5.41) is 3.16. The first-order valence-corrected chi connectivity index (χ1v) is 6.81. The van der Waals surface area contributed by atoms with E-state index in [-0.39, 0.29) is 11.2 Å². The van der Waals surface area contributed by atoms with E-state index >= 15 is 0 Å². The number of benzene rings is 1. The lowest BCUT2D eigenvalue weighted by Gasteiger charge is -2.06. The summed E-state index contributed by atoms with van der Waals surface area (Å²) in [6.45, 7) is 3.72. The van der Waals surface area contributed by atoms with Crippen molar-refractivity contribution in [1.29, 1.82) is 0 Å². The number of pyridine rings is 1. The third kappa shape index (κ3) is 2.74.